The number of nitrogen functional groups attached to an aromatic ring is 2. The molecule has 0 radical (unpaired) electrons. The molecule has 1 heterocycles. The SMILES string of the molecule is Cc1nc(N)nc(N)c1-c1ccc(-c2ccccc2)cc1. The fraction of sp³-hybridized carbons (Fsp3) is 0.0588. The third-order valence-electron chi connectivity index (χ3n) is 3.42. The molecular formula is C17H16N4. The van der Waals surface area contributed by atoms with E-state index in [2.05, 4.69) is 34.2 Å². The second-order valence-corrected chi connectivity index (χ2v) is 4.87. The highest BCUT2D eigenvalue weighted by Gasteiger charge is 2.10. The van der Waals surface area contributed by atoms with E-state index < -0.39 is 0 Å². The molecule has 21 heavy (non-hydrogen) atoms. The van der Waals surface area contributed by atoms with Crippen molar-refractivity contribution < 1.29 is 0 Å². The molecule has 0 fully saturated rings. The molecule has 0 amide bonds. The van der Waals surface area contributed by atoms with Gasteiger partial charge in [0.05, 0.1) is 5.69 Å². The summed E-state index contributed by atoms with van der Waals surface area (Å²) in [4.78, 5) is 8.21. The van der Waals surface area contributed by atoms with Crippen LogP contribution in [0.25, 0.3) is 22.3 Å². The van der Waals surface area contributed by atoms with Gasteiger partial charge in [-0.3, -0.25) is 0 Å². The van der Waals surface area contributed by atoms with Crippen LogP contribution in [0, 0.1) is 6.92 Å². The van der Waals surface area contributed by atoms with E-state index in [-0.39, 0.29) is 5.95 Å². The van der Waals surface area contributed by atoms with Crippen molar-refractivity contribution in [3.8, 4) is 22.3 Å². The lowest BCUT2D eigenvalue weighted by atomic mass is 10.00. The number of nitrogens with two attached hydrogens (primary N) is 2. The van der Waals surface area contributed by atoms with Gasteiger partial charge in [0.1, 0.15) is 5.82 Å². The third kappa shape index (κ3) is 2.56. The van der Waals surface area contributed by atoms with Crippen LogP contribution in [0.4, 0.5) is 11.8 Å². The topological polar surface area (TPSA) is 77.8 Å². The van der Waals surface area contributed by atoms with E-state index in [9.17, 15) is 0 Å². The van der Waals surface area contributed by atoms with Gasteiger partial charge in [-0.1, -0.05) is 54.6 Å². The van der Waals surface area contributed by atoms with E-state index in [0.29, 0.717) is 5.82 Å². The highest BCUT2D eigenvalue weighted by Crippen LogP contribution is 2.29. The minimum Gasteiger partial charge on any atom is -0.383 e. The Morgan fingerprint density at radius 1 is 0.714 bits per heavy atom. The Morgan fingerprint density at radius 3 is 1.90 bits per heavy atom. The normalized spacial score (nSPS) is 10.5. The largest absolute Gasteiger partial charge is 0.383 e. The molecule has 0 spiro atoms. The second kappa shape index (κ2) is 5.25. The van der Waals surface area contributed by atoms with Crippen LogP contribution in [0.5, 0.6) is 0 Å². The van der Waals surface area contributed by atoms with E-state index in [1.54, 1.807) is 0 Å². The predicted molar refractivity (Wildman–Crippen MR) is 86.5 cm³/mol. The van der Waals surface area contributed by atoms with Gasteiger partial charge in [-0.15, -0.1) is 0 Å². The molecule has 0 bridgehead atoms. The number of aromatic nitrogens is 2. The molecule has 0 aliphatic rings. The smallest absolute Gasteiger partial charge is 0.222 e. The first kappa shape index (κ1) is 13.1. The van der Waals surface area contributed by atoms with Crippen LogP contribution in [0.2, 0.25) is 0 Å². The van der Waals surface area contributed by atoms with Gasteiger partial charge >= 0.3 is 0 Å². The maximum absolute atomic E-state index is 5.97. The minimum atomic E-state index is 0.203. The molecular weight excluding hydrogens is 260 g/mol. The van der Waals surface area contributed by atoms with Crippen LogP contribution in [0.15, 0.2) is 54.6 Å². The summed E-state index contributed by atoms with van der Waals surface area (Å²) in [5, 5.41) is 0. The lowest BCUT2D eigenvalue weighted by molar-refractivity contribution is 1.13. The van der Waals surface area contributed by atoms with Crippen LogP contribution in [-0.2, 0) is 0 Å². The summed E-state index contributed by atoms with van der Waals surface area (Å²) in [7, 11) is 0. The van der Waals surface area contributed by atoms with Crippen LogP contribution in [0.1, 0.15) is 5.69 Å². The number of hydrogen-bond acceptors (Lipinski definition) is 4. The summed E-state index contributed by atoms with van der Waals surface area (Å²) in [6.45, 7) is 1.88. The molecule has 0 unspecified atom stereocenters. The van der Waals surface area contributed by atoms with Gasteiger partial charge in [0.25, 0.3) is 0 Å². The van der Waals surface area contributed by atoms with Gasteiger partial charge in [0.2, 0.25) is 5.95 Å². The van der Waals surface area contributed by atoms with Crippen molar-refractivity contribution in [3.63, 3.8) is 0 Å². The summed E-state index contributed by atoms with van der Waals surface area (Å²) in [6, 6.07) is 18.4. The Morgan fingerprint density at radius 2 is 1.29 bits per heavy atom. The zero-order chi connectivity index (χ0) is 14.8. The Balaban J connectivity index is 2.03. The fourth-order valence-electron chi connectivity index (χ4n) is 2.43. The molecule has 3 aromatic rings. The van der Waals surface area contributed by atoms with Gasteiger partial charge in [-0.2, -0.15) is 4.98 Å². The van der Waals surface area contributed by atoms with Crippen LogP contribution >= 0.6 is 0 Å². The summed E-state index contributed by atoms with van der Waals surface area (Å²) < 4.78 is 0. The van der Waals surface area contributed by atoms with Crippen molar-refractivity contribution >= 4 is 11.8 Å². The van der Waals surface area contributed by atoms with Crippen molar-refractivity contribution in [2.45, 2.75) is 6.92 Å². The van der Waals surface area contributed by atoms with Crippen molar-refractivity contribution in [1.29, 1.82) is 0 Å². The first-order chi connectivity index (χ1) is 10.1. The van der Waals surface area contributed by atoms with E-state index in [0.717, 1.165) is 22.4 Å². The molecule has 0 saturated carbocycles. The number of aryl methyl sites for hydroxylation is 1. The molecule has 4 heteroatoms. The number of rotatable bonds is 2. The summed E-state index contributed by atoms with van der Waals surface area (Å²) in [6.07, 6.45) is 0. The van der Waals surface area contributed by atoms with Crippen LogP contribution in [-0.4, -0.2) is 9.97 Å². The van der Waals surface area contributed by atoms with E-state index in [4.69, 9.17) is 11.5 Å². The van der Waals surface area contributed by atoms with Crippen LogP contribution < -0.4 is 11.5 Å². The Bertz CT molecular complexity index is 742. The lowest BCUT2D eigenvalue weighted by Gasteiger charge is -2.10. The Hall–Kier alpha value is -2.88. The van der Waals surface area contributed by atoms with E-state index in [1.807, 2.05) is 37.3 Å². The third-order valence-corrected chi connectivity index (χ3v) is 3.42. The van der Waals surface area contributed by atoms with Gasteiger partial charge in [0.15, 0.2) is 0 Å². The predicted octanol–water partition coefficient (Wildman–Crippen LogP) is 3.28. The summed E-state index contributed by atoms with van der Waals surface area (Å²) >= 11 is 0. The second-order valence-electron chi connectivity index (χ2n) is 4.87. The van der Waals surface area contributed by atoms with Crippen molar-refractivity contribution in [3.05, 3.63) is 60.3 Å². The maximum atomic E-state index is 5.97. The molecule has 0 atom stereocenters. The standard InChI is InChI=1S/C17H16N4/c1-11-15(16(18)21-17(19)20-11)14-9-7-13(8-10-14)12-5-3-2-4-6-12/h2-10H,1H3,(H4,18,19,20,21). The molecule has 2 aromatic carbocycles. The number of hydrogen-bond donors (Lipinski definition) is 2. The quantitative estimate of drug-likeness (QED) is 0.753. The molecule has 104 valence electrons. The number of nitrogens with zero attached hydrogens (tertiary/aromatic N) is 2. The average Bonchev–Trinajstić information content (AvgIpc) is 2.48. The Labute approximate surface area is 123 Å². The van der Waals surface area contributed by atoms with Crippen molar-refractivity contribution in [2.75, 3.05) is 11.5 Å². The highest BCUT2D eigenvalue weighted by molar-refractivity contribution is 5.78. The first-order valence-electron chi connectivity index (χ1n) is 6.70. The number of anilines is 2. The molecule has 4 N–H and O–H groups in total. The van der Waals surface area contributed by atoms with Gasteiger partial charge in [0, 0.05) is 5.56 Å². The zero-order valence-electron chi connectivity index (χ0n) is 11.7. The monoisotopic (exact) mass is 276 g/mol. The maximum Gasteiger partial charge on any atom is 0.222 e. The number of benzene rings is 2. The van der Waals surface area contributed by atoms with Gasteiger partial charge in [-0.05, 0) is 23.6 Å². The fourth-order valence-corrected chi connectivity index (χ4v) is 2.43. The zero-order valence-corrected chi connectivity index (χ0v) is 11.7. The van der Waals surface area contributed by atoms with Crippen molar-refractivity contribution in [2.24, 2.45) is 0 Å². The molecule has 4 nitrogen and oxygen atoms in total. The van der Waals surface area contributed by atoms with Gasteiger partial charge in [-0.25, -0.2) is 4.98 Å². The lowest BCUT2D eigenvalue weighted by Crippen LogP contribution is -2.04. The summed E-state index contributed by atoms with van der Waals surface area (Å²) in [5.74, 6) is 0.613. The van der Waals surface area contributed by atoms with E-state index >= 15 is 0 Å². The molecule has 0 saturated heterocycles. The van der Waals surface area contributed by atoms with E-state index in [1.165, 1.54) is 5.56 Å². The van der Waals surface area contributed by atoms with Gasteiger partial charge < -0.3 is 11.5 Å². The molecule has 0 aliphatic carbocycles. The molecule has 1 aromatic heterocycles. The highest BCUT2D eigenvalue weighted by atomic mass is 15.0. The Kier molecular flexibility index (Phi) is 3.28. The van der Waals surface area contributed by atoms with Crippen LogP contribution in [0.3, 0.4) is 0 Å². The average molecular weight is 276 g/mol. The minimum absolute atomic E-state index is 0.203. The summed E-state index contributed by atoms with van der Waals surface area (Å²) in [5.41, 5.74) is 16.5. The molecule has 3 rings (SSSR count). The first-order valence-corrected chi connectivity index (χ1v) is 6.70. The van der Waals surface area contributed by atoms with Crippen molar-refractivity contribution in [1.82, 2.24) is 9.97 Å². The molecule has 0 aliphatic heterocycles.